The van der Waals surface area contributed by atoms with Crippen LogP contribution >= 0.6 is 15.9 Å². The van der Waals surface area contributed by atoms with Gasteiger partial charge in [0.1, 0.15) is 24.4 Å². The lowest BCUT2D eigenvalue weighted by Gasteiger charge is -2.29. The fraction of sp³-hybridized carbons (Fsp3) is 0.118. The molecule has 0 atom stereocenters. The molecule has 0 saturated heterocycles. The predicted octanol–water partition coefficient (Wildman–Crippen LogP) is 1.93. The maximum absolute atomic E-state index is 14.1. The highest BCUT2D eigenvalue weighted by atomic mass is 79.9. The van der Waals surface area contributed by atoms with Gasteiger partial charge in [0.2, 0.25) is 5.91 Å². The maximum Gasteiger partial charge on any atom is 0.265 e. The molecule has 0 radical (unpaired) electrons. The summed E-state index contributed by atoms with van der Waals surface area (Å²) in [5, 5.41) is 13.2. The number of hydrogen-bond donors (Lipinski definition) is 1. The van der Waals surface area contributed by atoms with Crippen LogP contribution in [0, 0.1) is 5.82 Å². The number of nitrogens with one attached hydrogen (secondary N) is 1. The van der Waals surface area contributed by atoms with E-state index in [1.165, 1.54) is 34.1 Å². The molecule has 2 aromatic carbocycles. The summed E-state index contributed by atoms with van der Waals surface area (Å²) in [4.78, 5) is 26.0. The van der Waals surface area contributed by atoms with E-state index >= 15 is 0 Å². The summed E-state index contributed by atoms with van der Waals surface area (Å²) in [6.45, 7) is -0.467. The Morgan fingerprint density at radius 3 is 2.93 bits per heavy atom. The van der Waals surface area contributed by atoms with Crippen molar-refractivity contribution < 1.29 is 18.7 Å². The van der Waals surface area contributed by atoms with Crippen LogP contribution in [0.5, 0.6) is 5.75 Å². The fourth-order valence-corrected chi connectivity index (χ4v) is 3.06. The second-order valence-corrected chi connectivity index (χ2v) is 6.76. The molecule has 0 aliphatic carbocycles. The molecule has 2 heterocycles. The Morgan fingerprint density at radius 1 is 1.29 bits per heavy atom. The molecule has 1 aliphatic rings. The van der Waals surface area contributed by atoms with Gasteiger partial charge in [-0.15, -0.1) is 5.10 Å². The van der Waals surface area contributed by atoms with Gasteiger partial charge in [0.15, 0.2) is 6.61 Å². The van der Waals surface area contributed by atoms with Gasteiger partial charge in [-0.25, -0.2) is 9.07 Å². The number of tetrazole rings is 1. The Hall–Kier alpha value is -3.34. The van der Waals surface area contributed by atoms with Gasteiger partial charge in [-0.3, -0.25) is 14.5 Å². The number of carbonyl (C=O) groups is 2. The third-order valence-electron chi connectivity index (χ3n) is 4.00. The molecule has 11 heteroatoms. The first-order valence-corrected chi connectivity index (χ1v) is 8.86. The normalized spacial score (nSPS) is 13.1. The molecule has 3 aromatic rings. The summed E-state index contributed by atoms with van der Waals surface area (Å²) in [5.41, 5.74) is 0.895. The van der Waals surface area contributed by atoms with E-state index < -0.39 is 11.7 Å². The van der Waals surface area contributed by atoms with Crippen molar-refractivity contribution in [3.8, 4) is 11.4 Å². The van der Waals surface area contributed by atoms with Gasteiger partial charge >= 0.3 is 0 Å². The number of nitrogens with zero attached hydrogens (tertiary/aromatic N) is 5. The lowest BCUT2D eigenvalue weighted by Crippen LogP contribution is -2.43. The highest BCUT2D eigenvalue weighted by Crippen LogP contribution is 2.34. The van der Waals surface area contributed by atoms with Crippen molar-refractivity contribution in [2.45, 2.75) is 0 Å². The monoisotopic (exact) mass is 446 g/mol. The molecule has 0 saturated carbocycles. The molecule has 1 N–H and O–H groups in total. The second-order valence-electron chi connectivity index (χ2n) is 5.85. The molecular weight excluding hydrogens is 435 g/mol. The van der Waals surface area contributed by atoms with Gasteiger partial charge in [0, 0.05) is 4.47 Å². The first-order valence-electron chi connectivity index (χ1n) is 8.07. The van der Waals surface area contributed by atoms with Crippen molar-refractivity contribution in [2.75, 3.05) is 23.4 Å². The molecule has 28 heavy (non-hydrogen) atoms. The Labute approximate surface area is 166 Å². The number of amides is 2. The van der Waals surface area contributed by atoms with Crippen molar-refractivity contribution in [2.24, 2.45) is 0 Å². The van der Waals surface area contributed by atoms with Crippen LogP contribution in [0.4, 0.5) is 15.8 Å². The minimum absolute atomic E-state index is 0.0465. The van der Waals surface area contributed by atoms with Gasteiger partial charge in [-0.05, 0) is 46.8 Å². The molecule has 0 unspecified atom stereocenters. The van der Waals surface area contributed by atoms with Crippen LogP contribution in [-0.4, -0.2) is 45.2 Å². The molecule has 0 bridgehead atoms. The molecule has 1 aliphatic heterocycles. The summed E-state index contributed by atoms with van der Waals surface area (Å²) in [6, 6.07) is 9.18. The summed E-state index contributed by atoms with van der Waals surface area (Å²) in [5.74, 6) is -1.07. The zero-order valence-electron chi connectivity index (χ0n) is 14.2. The van der Waals surface area contributed by atoms with Crippen molar-refractivity contribution in [3.63, 3.8) is 0 Å². The number of rotatable bonds is 4. The molecule has 9 nitrogen and oxygen atoms in total. The lowest BCUT2D eigenvalue weighted by molar-refractivity contribution is -0.123. The van der Waals surface area contributed by atoms with Crippen molar-refractivity contribution in [3.05, 3.63) is 53.0 Å². The molecule has 1 aromatic heterocycles. The summed E-state index contributed by atoms with van der Waals surface area (Å²) in [7, 11) is 0. The van der Waals surface area contributed by atoms with Crippen molar-refractivity contribution >= 4 is 39.1 Å². The number of halogens is 2. The van der Waals surface area contributed by atoms with E-state index in [-0.39, 0.29) is 24.7 Å². The first kappa shape index (κ1) is 18.0. The van der Waals surface area contributed by atoms with E-state index in [1.54, 1.807) is 18.2 Å². The average Bonchev–Trinajstić information content (AvgIpc) is 3.20. The minimum Gasteiger partial charge on any atom is -0.482 e. The zero-order chi connectivity index (χ0) is 19.7. The van der Waals surface area contributed by atoms with Crippen LogP contribution in [0.25, 0.3) is 5.69 Å². The zero-order valence-corrected chi connectivity index (χ0v) is 15.8. The second kappa shape index (κ2) is 7.35. The average molecular weight is 447 g/mol. The van der Waals surface area contributed by atoms with Gasteiger partial charge in [0.25, 0.3) is 5.91 Å². The highest BCUT2D eigenvalue weighted by Gasteiger charge is 2.27. The Balaban J connectivity index is 1.54. The van der Waals surface area contributed by atoms with E-state index in [0.717, 1.165) is 4.47 Å². The quantitative estimate of drug-likeness (QED) is 0.656. The predicted molar refractivity (Wildman–Crippen MR) is 99.7 cm³/mol. The summed E-state index contributed by atoms with van der Waals surface area (Å²) < 4.78 is 21.6. The van der Waals surface area contributed by atoms with E-state index in [1.807, 2.05) is 0 Å². The summed E-state index contributed by atoms with van der Waals surface area (Å²) >= 11 is 3.33. The molecule has 142 valence electrons. The third-order valence-corrected chi connectivity index (χ3v) is 4.50. The number of aromatic nitrogens is 4. The summed E-state index contributed by atoms with van der Waals surface area (Å²) in [6.07, 6.45) is 1.35. The third kappa shape index (κ3) is 3.56. The molecule has 4 rings (SSSR count). The van der Waals surface area contributed by atoms with E-state index in [4.69, 9.17) is 4.74 Å². The van der Waals surface area contributed by atoms with Crippen LogP contribution < -0.4 is 15.0 Å². The van der Waals surface area contributed by atoms with Crippen LogP contribution in [0.15, 0.2) is 47.2 Å². The van der Waals surface area contributed by atoms with E-state index in [0.29, 0.717) is 17.1 Å². The van der Waals surface area contributed by atoms with Crippen LogP contribution in [-0.2, 0) is 9.59 Å². The molecular formula is C17H12BrFN6O3. The SMILES string of the molecule is O=C(CN1C(=O)COc2cc(Br)ccc21)Nc1cc(-n2cnnn2)ccc1F. The number of carbonyl (C=O) groups excluding carboxylic acids is 2. The van der Waals surface area contributed by atoms with Crippen LogP contribution in [0.1, 0.15) is 0 Å². The molecule has 0 fully saturated rings. The molecule has 0 spiro atoms. The maximum atomic E-state index is 14.1. The van der Waals surface area contributed by atoms with Crippen molar-refractivity contribution in [1.82, 2.24) is 20.2 Å². The van der Waals surface area contributed by atoms with Gasteiger partial charge in [-0.2, -0.15) is 0 Å². The number of ether oxygens (including phenoxy) is 1. The number of fused-ring (bicyclic) bond motifs is 1. The van der Waals surface area contributed by atoms with Crippen molar-refractivity contribution in [1.29, 1.82) is 0 Å². The van der Waals surface area contributed by atoms with E-state index in [9.17, 15) is 14.0 Å². The van der Waals surface area contributed by atoms with E-state index in [2.05, 4.69) is 36.8 Å². The van der Waals surface area contributed by atoms with Crippen LogP contribution in [0.3, 0.4) is 0 Å². The Kier molecular flexibility index (Phi) is 4.74. The largest absolute Gasteiger partial charge is 0.482 e. The topological polar surface area (TPSA) is 102 Å². The van der Waals surface area contributed by atoms with Gasteiger partial charge < -0.3 is 10.1 Å². The van der Waals surface area contributed by atoms with Crippen LogP contribution in [0.2, 0.25) is 0 Å². The number of anilines is 2. The number of benzene rings is 2. The lowest BCUT2D eigenvalue weighted by atomic mass is 10.2. The Bertz CT molecular complexity index is 1060. The molecule has 2 amide bonds. The Morgan fingerprint density at radius 2 is 2.14 bits per heavy atom. The highest BCUT2D eigenvalue weighted by molar-refractivity contribution is 9.10. The first-order chi connectivity index (χ1) is 13.5. The number of hydrogen-bond acceptors (Lipinski definition) is 6. The van der Waals surface area contributed by atoms with Gasteiger partial charge in [0.05, 0.1) is 17.1 Å². The smallest absolute Gasteiger partial charge is 0.265 e. The minimum atomic E-state index is -0.622. The fourth-order valence-electron chi connectivity index (χ4n) is 2.72. The van der Waals surface area contributed by atoms with Gasteiger partial charge in [-0.1, -0.05) is 15.9 Å². The standard InChI is InChI=1S/C17H12BrFN6O3/c18-10-1-4-14-15(5-10)28-8-17(27)24(14)7-16(26)21-13-6-11(2-3-12(13)19)25-9-20-22-23-25/h1-6,9H,7-8H2,(H,21,26).